The van der Waals surface area contributed by atoms with Gasteiger partial charge in [0.15, 0.2) is 0 Å². The second-order valence-electron chi connectivity index (χ2n) is 5.34. The zero-order valence-electron chi connectivity index (χ0n) is 13.2. The summed E-state index contributed by atoms with van der Waals surface area (Å²) in [6.07, 6.45) is 1.50. The van der Waals surface area contributed by atoms with Crippen LogP contribution in [0.3, 0.4) is 0 Å². The van der Waals surface area contributed by atoms with Crippen molar-refractivity contribution in [3.63, 3.8) is 0 Å². The quantitative estimate of drug-likeness (QED) is 0.763. The summed E-state index contributed by atoms with van der Waals surface area (Å²) in [7, 11) is 0. The zero-order valence-corrected chi connectivity index (χ0v) is 13.2. The van der Waals surface area contributed by atoms with Crippen LogP contribution < -0.4 is 10.1 Å². The minimum absolute atomic E-state index is 0.105. The highest BCUT2D eigenvalue weighted by atomic mass is 16.5. The fraction of sp³-hybridized carbons (Fsp3) is 0.211. The summed E-state index contributed by atoms with van der Waals surface area (Å²) in [5.41, 5.74) is 2.29. The topological polar surface area (TPSA) is 51.5 Å². The van der Waals surface area contributed by atoms with Gasteiger partial charge in [-0.15, -0.1) is 0 Å². The number of amides is 1. The van der Waals surface area contributed by atoms with Crippen molar-refractivity contribution in [3.8, 4) is 5.75 Å². The molecule has 0 saturated heterocycles. The highest BCUT2D eigenvalue weighted by Crippen LogP contribution is 2.22. The van der Waals surface area contributed by atoms with Gasteiger partial charge in [-0.1, -0.05) is 30.3 Å². The maximum atomic E-state index is 12.5. The number of carbonyl (C=O) groups excluding carboxylic acids is 1. The third-order valence-corrected chi connectivity index (χ3v) is 3.76. The number of hydrogen-bond acceptors (Lipinski definition) is 3. The second kappa shape index (κ2) is 6.57. The van der Waals surface area contributed by atoms with Crippen molar-refractivity contribution in [1.29, 1.82) is 0 Å². The van der Waals surface area contributed by atoms with Crippen molar-refractivity contribution in [3.05, 3.63) is 65.9 Å². The molecule has 4 nitrogen and oxygen atoms in total. The van der Waals surface area contributed by atoms with Gasteiger partial charge >= 0.3 is 0 Å². The van der Waals surface area contributed by atoms with Crippen LogP contribution in [0, 0.1) is 0 Å². The number of fused-ring (bicyclic) bond motifs is 1. The first-order valence-electron chi connectivity index (χ1n) is 7.69. The van der Waals surface area contributed by atoms with Crippen molar-refractivity contribution in [2.75, 3.05) is 6.61 Å². The lowest BCUT2D eigenvalue weighted by molar-refractivity contribution is 0.0940. The minimum atomic E-state index is -0.142. The SMILES string of the molecule is CCOc1ccc(C(C)NC(=O)c2coc3ccccc23)cc1. The molecule has 0 fully saturated rings. The van der Waals surface area contributed by atoms with Gasteiger partial charge in [-0.2, -0.15) is 0 Å². The Kier molecular flexibility index (Phi) is 4.33. The molecule has 1 atom stereocenters. The number of para-hydroxylation sites is 1. The molecule has 1 amide bonds. The van der Waals surface area contributed by atoms with Crippen molar-refractivity contribution in [1.82, 2.24) is 5.32 Å². The predicted molar refractivity (Wildman–Crippen MR) is 89.7 cm³/mol. The second-order valence-corrected chi connectivity index (χ2v) is 5.34. The molecule has 0 spiro atoms. The highest BCUT2D eigenvalue weighted by Gasteiger charge is 2.16. The molecule has 0 aliphatic carbocycles. The van der Waals surface area contributed by atoms with E-state index in [4.69, 9.17) is 9.15 Å². The van der Waals surface area contributed by atoms with Crippen LogP contribution in [0.5, 0.6) is 5.75 Å². The molecule has 0 saturated carbocycles. The normalized spacial score (nSPS) is 12.1. The Balaban J connectivity index is 1.74. The summed E-state index contributed by atoms with van der Waals surface area (Å²) in [5, 5.41) is 3.83. The smallest absolute Gasteiger partial charge is 0.255 e. The van der Waals surface area contributed by atoms with Gasteiger partial charge < -0.3 is 14.5 Å². The number of furan rings is 1. The monoisotopic (exact) mass is 309 g/mol. The zero-order chi connectivity index (χ0) is 16.2. The third-order valence-electron chi connectivity index (χ3n) is 3.76. The molecular weight excluding hydrogens is 290 g/mol. The first-order valence-corrected chi connectivity index (χ1v) is 7.69. The van der Waals surface area contributed by atoms with Gasteiger partial charge in [0, 0.05) is 5.39 Å². The van der Waals surface area contributed by atoms with E-state index in [1.807, 2.05) is 62.4 Å². The van der Waals surface area contributed by atoms with Gasteiger partial charge in [-0.05, 0) is 37.6 Å². The van der Waals surface area contributed by atoms with Gasteiger partial charge in [0.05, 0.1) is 18.2 Å². The van der Waals surface area contributed by atoms with Crippen molar-refractivity contribution in [2.24, 2.45) is 0 Å². The summed E-state index contributed by atoms with van der Waals surface area (Å²) >= 11 is 0. The number of carbonyl (C=O) groups is 1. The number of rotatable bonds is 5. The van der Waals surface area contributed by atoms with Crippen molar-refractivity contribution in [2.45, 2.75) is 19.9 Å². The maximum Gasteiger partial charge on any atom is 0.255 e. The molecule has 23 heavy (non-hydrogen) atoms. The summed E-state index contributed by atoms with van der Waals surface area (Å²) in [6.45, 7) is 4.54. The molecule has 0 aliphatic heterocycles. The van der Waals surface area contributed by atoms with Crippen LogP contribution in [0.1, 0.15) is 35.8 Å². The van der Waals surface area contributed by atoms with E-state index in [2.05, 4.69) is 5.32 Å². The first-order chi connectivity index (χ1) is 11.2. The lowest BCUT2D eigenvalue weighted by atomic mass is 10.1. The molecule has 3 aromatic rings. The van der Waals surface area contributed by atoms with Crippen LogP contribution >= 0.6 is 0 Å². The Hall–Kier alpha value is -2.75. The number of hydrogen-bond donors (Lipinski definition) is 1. The van der Waals surface area contributed by atoms with Gasteiger partial charge in [-0.25, -0.2) is 0 Å². The summed E-state index contributed by atoms with van der Waals surface area (Å²) in [5.74, 6) is 0.687. The molecule has 118 valence electrons. The van der Waals surface area contributed by atoms with E-state index < -0.39 is 0 Å². The van der Waals surface area contributed by atoms with Crippen LogP contribution in [0.15, 0.2) is 59.2 Å². The van der Waals surface area contributed by atoms with Crippen LogP contribution in [-0.4, -0.2) is 12.5 Å². The molecule has 0 radical (unpaired) electrons. The summed E-state index contributed by atoms with van der Waals surface area (Å²) in [4.78, 5) is 12.5. The molecule has 2 aromatic carbocycles. The predicted octanol–water partition coefficient (Wildman–Crippen LogP) is 4.32. The van der Waals surface area contributed by atoms with Crippen LogP contribution in [0.2, 0.25) is 0 Å². The lowest BCUT2D eigenvalue weighted by Crippen LogP contribution is -2.26. The van der Waals surface area contributed by atoms with E-state index in [1.54, 1.807) is 0 Å². The fourth-order valence-corrected chi connectivity index (χ4v) is 2.53. The largest absolute Gasteiger partial charge is 0.494 e. The van der Waals surface area contributed by atoms with Gasteiger partial charge in [0.2, 0.25) is 0 Å². The molecule has 1 aromatic heterocycles. The van der Waals surface area contributed by atoms with Crippen LogP contribution in [0.25, 0.3) is 11.0 Å². The Labute approximate surface area is 135 Å². The van der Waals surface area contributed by atoms with Crippen LogP contribution in [0.4, 0.5) is 0 Å². The molecule has 0 bridgehead atoms. The Bertz CT molecular complexity index is 805. The van der Waals surface area contributed by atoms with Crippen LogP contribution in [-0.2, 0) is 0 Å². The lowest BCUT2D eigenvalue weighted by Gasteiger charge is -2.14. The average Bonchev–Trinajstić information content (AvgIpc) is 3.00. The first kappa shape index (κ1) is 15.2. The summed E-state index contributed by atoms with van der Waals surface area (Å²) < 4.78 is 10.9. The van der Waals surface area contributed by atoms with Crippen molar-refractivity contribution >= 4 is 16.9 Å². The highest BCUT2D eigenvalue weighted by molar-refractivity contribution is 6.06. The van der Waals surface area contributed by atoms with Gasteiger partial charge in [-0.3, -0.25) is 4.79 Å². The standard InChI is InChI=1S/C19H19NO3/c1-3-22-15-10-8-14(9-11-15)13(2)20-19(21)17-12-23-18-7-5-4-6-16(17)18/h4-13H,3H2,1-2H3,(H,20,21). The molecular formula is C19H19NO3. The molecule has 0 aliphatic rings. The molecule has 1 unspecified atom stereocenters. The summed E-state index contributed by atoms with van der Waals surface area (Å²) in [6, 6.07) is 15.2. The van der Waals surface area contributed by atoms with E-state index in [0.29, 0.717) is 17.8 Å². The van der Waals surface area contributed by atoms with Gasteiger partial charge in [0.1, 0.15) is 17.6 Å². The van der Waals surface area contributed by atoms with Gasteiger partial charge in [0.25, 0.3) is 5.91 Å². The third kappa shape index (κ3) is 3.21. The molecule has 1 N–H and O–H groups in total. The van der Waals surface area contributed by atoms with E-state index in [9.17, 15) is 4.79 Å². The molecule has 1 heterocycles. The Morgan fingerprint density at radius 2 is 1.91 bits per heavy atom. The number of benzene rings is 2. The van der Waals surface area contributed by atoms with E-state index in [1.165, 1.54) is 6.26 Å². The van der Waals surface area contributed by atoms with E-state index in [0.717, 1.165) is 16.7 Å². The van der Waals surface area contributed by atoms with E-state index in [-0.39, 0.29) is 11.9 Å². The Morgan fingerprint density at radius 3 is 2.65 bits per heavy atom. The Morgan fingerprint density at radius 1 is 1.17 bits per heavy atom. The molecule has 3 rings (SSSR count). The fourth-order valence-electron chi connectivity index (χ4n) is 2.53. The minimum Gasteiger partial charge on any atom is -0.494 e. The van der Waals surface area contributed by atoms with E-state index >= 15 is 0 Å². The number of ether oxygens (including phenoxy) is 1. The average molecular weight is 309 g/mol. The maximum absolute atomic E-state index is 12.5. The molecule has 4 heteroatoms. The number of nitrogens with one attached hydrogen (secondary N) is 1. The van der Waals surface area contributed by atoms with Crippen molar-refractivity contribution < 1.29 is 13.9 Å².